The molecular weight excluding hydrogens is 377 g/mol. The van der Waals surface area contributed by atoms with Crippen LogP contribution in [0.4, 0.5) is 24.5 Å². The summed E-state index contributed by atoms with van der Waals surface area (Å²) in [6.45, 7) is 1.31. The number of benzene rings is 2. The smallest absolute Gasteiger partial charge is 0.418 e. The topological polar surface area (TPSA) is 64.8 Å². The first-order valence-corrected chi connectivity index (χ1v) is 8.86. The van der Waals surface area contributed by atoms with Gasteiger partial charge < -0.3 is 14.4 Å². The number of non-ortho nitro benzene ring substituents is 1. The Bertz CT molecular complexity index is 917. The first kappa shape index (κ1) is 18.4. The fourth-order valence-electron chi connectivity index (χ4n) is 3.78. The van der Waals surface area contributed by atoms with Gasteiger partial charge in [0.2, 0.25) is 0 Å². The fraction of sp³-hybridized carbons (Fsp3) is 0.368. The van der Waals surface area contributed by atoms with E-state index in [1.807, 2.05) is 6.07 Å². The van der Waals surface area contributed by atoms with Crippen molar-refractivity contribution in [3.8, 4) is 11.5 Å². The largest absolute Gasteiger partial charge is 0.486 e. The minimum Gasteiger partial charge on any atom is -0.486 e. The summed E-state index contributed by atoms with van der Waals surface area (Å²) in [5.74, 6) is 1.20. The summed E-state index contributed by atoms with van der Waals surface area (Å²) in [4.78, 5) is 11.8. The number of nitro groups is 1. The predicted molar refractivity (Wildman–Crippen MR) is 94.9 cm³/mol. The fourth-order valence-corrected chi connectivity index (χ4v) is 3.78. The van der Waals surface area contributed by atoms with Gasteiger partial charge >= 0.3 is 6.18 Å². The molecule has 0 bridgehead atoms. The number of nitro benzene ring substituents is 1. The maximum Gasteiger partial charge on any atom is 0.418 e. The SMILES string of the molecule is O=[N+]([O-])c1ccc(N2CCCC2c2ccc3c(c2)OCCO3)c(C(F)(F)F)c1. The van der Waals surface area contributed by atoms with Crippen molar-refractivity contribution in [3.05, 3.63) is 57.6 Å². The zero-order chi connectivity index (χ0) is 19.9. The number of ether oxygens (including phenoxy) is 2. The van der Waals surface area contributed by atoms with Gasteiger partial charge in [-0.1, -0.05) is 6.07 Å². The third-order valence-corrected chi connectivity index (χ3v) is 5.01. The summed E-state index contributed by atoms with van der Waals surface area (Å²) < 4.78 is 51.9. The summed E-state index contributed by atoms with van der Waals surface area (Å²) in [7, 11) is 0. The summed E-state index contributed by atoms with van der Waals surface area (Å²) in [6.07, 6.45) is -3.30. The summed E-state index contributed by atoms with van der Waals surface area (Å²) in [5.41, 5.74) is -0.791. The number of nitrogens with zero attached hydrogens (tertiary/aromatic N) is 2. The van der Waals surface area contributed by atoms with Crippen LogP contribution in [0.5, 0.6) is 11.5 Å². The maximum absolute atomic E-state index is 13.6. The minimum atomic E-state index is -4.69. The van der Waals surface area contributed by atoms with Gasteiger partial charge in [-0.15, -0.1) is 0 Å². The van der Waals surface area contributed by atoms with Crippen LogP contribution in [0.15, 0.2) is 36.4 Å². The molecule has 2 aliphatic heterocycles. The van der Waals surface area contributed by atoms with Gasteiger partial charge in [0, 0.05) is 24.4 Å². The van der Waals surface area contributed by atoms with Gasteiger partial charge in [0.1, 0.15) is 13.2 Å². The number of alkyl halides is 3. The second kappa shape index (κ2) is 6.88. The standard InChI is InChI=1S/C19H17F3N2O4/c20-19(21,22)14-11-13(24(25)26)4-5-16(14)23-7-1-2-15(23)12-3-6-17-18(10-12)28-9-8-27-17/h3-6,10-11,15H,1-2,7-9H2. The molecule has 4 rings (SSSR count). The lowest BCUT2D eigenvalue weighted by Gasteiger charge is -2.30. The number of hydrogen-bond acceptors (Lipinski definition) is 5. The molecular formula is C19H17F3N2O4. The number of fused-ring (bicyclic) bond motifs is 1. The van der Waals surface area contributed by atoms with Crippen molar-refractivity contribution in [3.63, 3.8) is 0 Å². The van der Waals surface area contributed by atoms with E-state index in [4.69, 9.17) is 9.47 Å². The van der Waals surface area contributed by atoms with Crippen molar-refractivity contribution < 1.29 is 27.6 Å². The van der Waals surface area contributed by atoms with E-state index in [0.29, 0.717) is 50.2 Å². The first-order chi connectivity index (χ1) is 13.3. The van der Waals surface area contributed by atoms with Crippen LogP contribution >= 0.6 is 0 Å². The molecule has 1 atom stereocenters. The van der Waals surface area contributed by atoms with Gasteiger partial charge in [-0.25, -0.2) is 0 Å². The highest BCUT2D eigenvalue weighted by Crippen LogP contribution is 2.45. The molecule has 28 heavy (non-hydrogen) atoms. The molecule has 6 nitrogen and oxygen atoms in total. The van der Waals surface area contributed by atoms with Crippen LogP contribution in [0.3, 0.4) is 0 Å². The van der Waals surface area contributed by atoms with Crippen LogP contribution in [-0.4, -0.2) is 24.7 Å². The van der Waals surface area contributed by atoms with Crippen LogP contribution in [0.25, 0.3) is 0 Å². The molecule has 1 fully saturated rings. The highest BCUT2D eigenvalue weighted by atomic mass is 19.4. The molecule has 0 aromatic heterocycles. The average Bonchev–Trinajstić information content (AvgIpc) is 3.16. The van der Waals surface area contributed by atoms with Gasteiger partial charge in [0.25, 0.3) is 5.69 Å². The minimum absolute atomic E-state index is 0.0458. The molecule has 0 saturated carbocycles. The van der Waals surface area contributed by atoms with Gasteiger partial charge in [0.15, 0.2) is 11.5 Å². The number of hydrogen-bond donors (Lipinski definition) is 0. The highest BCUT2D eigenvalue weighted by Gasteiger charge is 2.39. The van der Waals surface area contributed by atoms with Crippen LogP contribution < -0.4 is 14.4 Å². The summed E-state index contributed by atoms with van der Waals surface area (Å²) in [6, 6.07) is 8.03. The van der Waals surface area contributed by atoms with Crippen molar-refractivity contribution in [1.82, 2.24) is 0 Å². The van der Waals surface area contributed by atoms with Gasteiger partial charge in [-0.05, 0) is 36.6 Å². The van der Waals surface area contributed by atoms with Gasteiger partial charge in [0.05, 0.1) is 16.5 Å². The zero-order valence-corrected chi connectivity index (χ0v) is 14.7. The number of anilines is 1. The Kier molecular flexibility index (Phi) is 4.52. The van der Waals surface area contributed by atoms with Crippen molar-refractivity contribution >= 4 is 11.4 Å². The quantitative estimate of drug-likeness (QED) is 0.556. The third kappa shape index (κ3) is 3.32. The van der Waals surface area contributed by atoms with E-state index in [1.54, 1.807) is 17.0 Å². The molecule has 2 aliphatic rings. The molecule has 9 heteroatoms. The number of rotatable bonds is 3. The molecule has 0 amide bonds. The van der Waals surface area contributed by atoms with Crippen molar-refractivity contribution in [2.75, 3.05) is 24.7 Å². The number of halogens is 3. The molecule has 0 spiro atoms. The molecule has 1 unspecified atom stereocenters. The lowest BCUT2D eigenvalue weighted by molar-refractivity contribution is -0.385. The average molecular weight is 394 g/mol. The maximum atomic E-state index is 13.6. The van der Waals surface area contributed by atoms with E-state index in [2.05, 4.69) is 0 Å². The Hall–Kier alpha value is -2.97. The van der Waals surface area contributed by atoms with Crippen LogP contribution in [0.1, 0.15) is 30.0 Å². The lowest BCUT2D eigenvalue weighted by atomic mass is 10.0. The molecule has 0 radical (unpaired) electrons. The molecule has 2 heterocycles. The summed E-state index contributed by atoms with van der Waals surface area (Å²) in [5, 5.41) is 10.9. The Morgan fingerprint density at radius 2 is 1.82 bits per heavy atom. The van der Waals surface area contributed by atoms with Crippen LogP contribution in [-0.2, 0) is 6.18 Å². The van der Waals surface area contributed by atoms with Crippen molar-refractivity contribution in [1.29, 1.82) is 0 Å². The molecule has 0 aliphatic carbocycles. The van der Waals surface area contributed by atoms with E-state index in [9.17, 15) is 23.3 Å². The molecule has 2 aromatic carbocycles. The van der Waals surface area contributed by atoms with E-state index in [1.165, 1.54) is 6.07 Å². The molecule has 1 saturated heterocycles. The zero-order valence-electron chi connectivity index (χ0n) is 14.7. The molecule has 0 N–H and O–H groups in total. The Labute approximate surface area is 158 Å². The lowest BCUT2D eigenvalue weighted by Crippen LogP contribution is -2.26. The summed E-state index contributed by atoms with van der Waals surface area (Å²) >= 11 is 0. The molecule has 2 aromatic rings. The Morgan fingerprint density at radius 3 is 2.54 bits per heavy atom. The van der Waals surface area contributed by atoms with E-state index < -0.39 is 22.4 Å². The first-order valence-electron chi connectivity index (χ1n) is 8.86. The van der Waals surface area contributed by atoms with Gasteiger partial charge in [-0.3, -0.25) is 10.1 Å². The van der Waals surface area contributed by atoms with Crippen molar-refractivity contribution in [2.45, 2.75) is 25.1 Å². The normalized spacial score (nSPS) is 19.0. The second-order valence-corrected chi connectivity index (χ2v) is 6.71. The Morgan fingerprint density at radius 1 is 1.07 bits per heavy atom. The van der Waals surface area contributed by atoms with Crippen LogP contribution in [0, 0.1) is 10.1 Å². The predicted octanol–water partition coefficient (Wildman–Crippen LogP) is 4.73. The van der Waals surface area contributed by atoms with Gasteiger partial charge in [-0.2, -0.15) is 13.2 Å². The van der Waals surface area contributed by atoms with Crippen molar-refractivity contribution in [2.24, 2.45) is 0 Å². The molecule has 148 valence electrons. The Balaban J connectivity index is 1.73. The van der Waals surface area contributed by atoms with E-state index >= 15 is 0 Å². The van der Waals surface area contributed by atoms with E-state index in [-0.39, 0.29) is 11.7 Å². The second-order valence-electron chi connectivity index (χ2n) is 6.71. The highest BCUT2D eigenvalue weighted by molar-refractivity contribution is 5.61. The monoisotopic (exact) mass is 394 g/mol. The third-order valence-electron chi connectivity index (χ3n) is 5.01. The van der Waals surface area contributed by atoms with E-state index in [0.717, 1.165) is 11.6 Å². The van der Waals surface area contributed by atoms with Crippen LogP contribution in [0.2, 0.25) is 0 Å².